The molecule has 4 aliphatic heterocycles. The standard InChI is InChI=1S/C35H29N8O2/c36-14-29-38-13-11-30(39-29)42-19-34-17-41(18-35(34,20-42)22-44-21-34)16-24-6-8-25(9-7-24)31-32(26-4-2-1-3-5-26)43-23-45-28-10-12-37-15-27(28)33(43)40-31/h1-13,15-16H,17-23H2/q+1/t34-,35?/m1/s1. The highest BCUT2D eigenvalue weighted by Crippen LogP contribution is 2.55. The van der Waals surface area contributed by atoms with Crippen LogP contribution in [-0.4, -0.2) is 74.7 Å². The van der Waals surface area contributed by atoms with Crippen molar-refractivity contribution in [1.82, 2.24) is 24.5 Å². The third-order valence-electron chi connectivity index (χ3n) is 9.85. The van der Waals surface area contributed by atoms with E-state index in [1.807, 2.05) is 24.4 Å². The van der Waals surface area contributed by atoms with Crippen LogP contribution in [0.1, 0.15) is 11.4 Å². The Bertz CT molecular complexity index is 2010. The maximum atomic E-state index is 9.29. The van der Waals surface area contributed by atoms with Gasteiger partial charge in [0, 0.05) is 48.4 Å². The molecule has 0 saturated carbocycles. The van der Waals surface area contributed by atoms with Gasteiger partial charge in [0.05, 0.1) is 41.0 Å². The Hall–Kier alpha value is -5.40. The van der Waals surface area contributed by atoms with Crippen molar-refractivity contribution in [2.45, 2.75) is 6.73 Å². The molecule has 10 heteroatoms. The summed E-state index contributed by atoms with van der Waals surface area (Å²) in [5.74, 6) is 2.70. The van der Waals surface area contributed by atoms with Crippen molar-refractivity contribution in [1.29, 1.82) is 5.26 Å². The lowest BCUT2D eigenvalue weighted by Crippen LogP contribution is -2.38. The molecule has 45 heavy (non-hydrogen) atoms. The number of fused-ring (bicyclic) bond motifs is 3. The molecule has 4 aliphatic rings. The van der Waals surface area contributed by atoms with E-state index < -0.39 is 0 Å². The highest BCUT2D eigenvalue weighted by Gasteiger charge is 2.70. The van der Waals surface area contributed by atoms with Gasteiger partial charge in [-0.25, -0.2) is 19.5 Å². The fraction of sp³-hybridized carbons (Fsp3) is 0.257. The van der Waals surface area contributed by atoms with E-state index in [4.69, 9.17) is 14.5 Å². The number of pyridine rings is 1. The van der Waals surface area contributed by atoms with E-state index in [0.717, 1.165) is 90.4 Å². The predicted octanol–water partition coefficient (Wildman–Crippen LogP) is 4.26. The minimum absolute atomic E-state index is 0.0223. The van der Waals surface area contributed by atoms with Crippen molar-refractivity contribution in [3.8, 4) is 45.7 Å². The summed E-state index contributed by atoms with van der Waals surface area (Å²) in [4.78, 5) is 20.3. The fourth-order valence-corrected chi connectivity index (χ4v) is 7.78. The van der Waals surface area contributed by atoms with Crippen LogP contribution >= 0.6 is 0 Å². The van der Waals surface area contributed by atoms with Crippen LogP contribution in [-0.2, 0) is 11.5 Å². The first-order valence-corrected chi connectivity index (χ1v) is 15.1. The molecule has 9 rings (SSSR count). The molecule has 0 bridgehead atoms. The number of aromatic nitrogens is 5. The summed E-state index contributed by atoms with van der Waals surface area (Å²) < 4.78 is 16.8. The number of benzene rings is 2. The average molecular weight is 594 g/mol. The van der Waals surface area contributed by atoms with Crippen molar-refractivity contribution in [2.75, 3.05) is 44.3 Å². The fourth-order valence-electron chi connectivity index (χ4n) is 7.78. The minimum Gasteiger partial charge on any atom is -0.472 e. The number of rotatable bonds is 4. The van der Waals surface area contributed by atoms with E-state index in [1.165, 1.54) is 0 Å². The molecule has 3 fully saturated rings. The van der Waals surface area contributed by atoms with Gasteiger partial charge in [0.2, 0.25) is 5.82 Å². The first-order valence-electron chi connectivity index (χ1n) is 15.1. The Morgan fingerprint density at radius 3 is 2.47 bits per heavy atom. The summed E-state index contributed by atoms with van der Waals surface area (Å²) in [5.41, 5.74) is 6.19. The van der Waals surface area contributed by atoms with E-state index in [9.17, 15) is 5.26 Å². The summed E-state index contributed by atoms with van der Waals surface area (Å²) in [7, 11) is 0. The van der Waals surface area contributed by atoms with E-state index >= 15 is 0 Å². The molecule has 3 saturated heterocycles. The van der Waals surface area contributed by atoms with Crippen molar-refractivity contribution >= 4 is 12.0 Å². The molecule has 3 aromatic heterocycles. The molecule has 2 aromatic carbocycles. The van der Waals surface area contributed by atoms with Crippen LogP contribution in [0.2, 0.25) is 0 Å². The molecule has 0 aliphatic carbocycles. The van der Waals surface area contributed by atoms with E-state index in [1.54, 1.807) is 12.4 Å². The number of hydrogen-bond donors (Lipinski definition) is 0. The quantitative estimate of drug-likeness (QED) is 0.285. The average Bonchev–Trinajstić information content (AvgIpc) is 3.78. The van der Waals surface area contributed by atoms with Crippen molar-refractivity contribution in [3.63, 3.8) is 0 Å². The molecule has 0 radical (unpaired) electrons. The molecule has 10 nitrogen and oxygen atoms in total. The normalized spacial score (nSPS) is 23.6. The number of hydrogen-bond acceptors (Lipinski definition) is 8. The van der Waals surface area contributed by atoms with Gasteiger partial charge >= 0.3 is 0 Å². The second-order valence-electron chi connectivity index (χ2n) is 12.5. The molecule has 7 heterocycles. The van der Waals surface area contributed by atoms with Gasteiger partial charge in [0.15, 0.2) is 26.0 Å². The van der Waals surface area contributed by atoms with Crippen LogP contribution in [0.15, 0.2) is 85.3 Å². The van der Waals surface area contributed by atoms with Crippen LogP contribution in [0, 0.1) is 22.2 Å². The van der Waals surface area contributed by atoms with Gasteiger partial charge in [-0.2, -0.15) is 5.26 Å². The SMILES string of the molecule is N#Cc1nccc(N2CC34COC[C@]3(C2)C[N+](=Cc2ccc(-c3nc5n(c3-c3ccccc3)COc3ccncc3-5)cc2)C4)n1. The summed E-state index contributed by atoms with van der Waals surface area (Å²) in [6.45, 7) is 5.41. The number of imidazole rings is 1. The van der Waals surface area contributed by atoms with Crippen molar-refractivity contribution in [3.05, 3.63) is 96.7 Å². The zero-order valence-electron chi connectivity index (χ0n) is 24.5. The summed E-state index contributed by atoms with van der Waals surface area (Å²) in [5, 5.41) is 9.29. The van der Waals surface area contributed by atoms with Crippen LogP contribution in [0.5, 0.6) is 5.75 Å². The van der Waals surface area contributed by atoms with Gasteiger partial charge in [-0.1, -0.05) is 42.5 Å². The summed E-state index contributed by atoms with van der Waals surface area (Å²) in [6, 6.07) is 24.9. The molecule has 2 atom stereocenters. The van der Waals surface area contributed by atoms with Crippen LogP contribution in [0.3, 0.4) is 0 Å². The van der Waals surface area contributed by atoms with E-state index in [2.05, 4.69) is 89.8 Å². The highest BCUT2D eigenvalue weighted by molar-refractivity contribution is 5.85. The Kier molecular flexibility index (Phi) is 5.67. The predicted molar refractivity (Wildman–Crippen MR) is 167 cm³/mol. The number of anilines is 1. The monoisotopic (exact) mass is 593 g/mol. The Morgan fingerprint density at radius 2 is 1.69 bits per heavy atom. The highest BCUT2D eigenvalue weighted by atomic mass is 16.5. The van der Waals surface area contributed by atoms with Gasteiger partial charge in [-0.15, -0.1) is 0 Å². The molecular formula is C35H29N8O2+. The lowest BCUT2D eigenvalue weighted by atomic mass is 9.71. The van der Waals surface area contributed by atoms with Crippen molar-refractivity contribution < 1.29 is 14.0 Å². The molecular weight excluding hydrogens is 564 g/mol. The van der Waals surface area contributed by atoms with Crippen LogP contribution in [0.25, 0.3) is 33.9 Å². The first kappa shape index (κ1) is 26.0. The number of nitriles is 1. The maximum Gasteiger partial charge on any atom is 0.234 e. The number of ether oxygens (including phenoxy) is 2. The van der Waals surface area contributed by atoms with E-state index in [-0.39, 0.29) is 16.7 Å². The zero-order valence-corrected chi connectivity index (χ0v) is 24.5. The largest absolute Gasteiger partial charge is 0.472 e. The lowest BCUT2D eigenvalue weighted by Gasteiger charge is -2.22. The molecule has 5 aromatic rings. The first-order chi connectivity index (χ1) is 22.1. The third-order valence-corrected chi connectivity index (χ3v) is 9.85. The Labute approximate surface area is 259 Å². The van der Waals surface area contributed by atoms with E-state index in [0.29, 0.717) is 6.73 Å². The molecule has 0 spiro atoms. The molecule has 0 amide bonds. The van der Waals surface area contributed by atoms with Crippen molar-refractivity contribution in [2.24, 2.45) is 10.8 Å². The second kappa shape index (κ2) is 9.81. The van der Waals surface area contributed by atoms with Gasteiger partial charge < -0.3 is 14.4 Å². The minimum atomic E-state index is 0.0223. The zero-order chi connectivity index (χ0) is 30.0. The molecule has 220 valence electrons. The summed E-state index contributed by atoms with van der Waals surface area (Å²) >= 11 is 0. The molecule has 1 unspecified atom stereocenters. The van der Waals surface area contributed by atoms with Crippen LogP contribution < -0.4 is 9.64 Å². The smallest absolute Gasteiger partial charge is 0.234 e. The number of nitrogens with zero attached hydrogens (tertiary/aromatic N) is 8. The van der Waals surface area contributed by atoms with Gasteiger partial charge in [-0.3, -0.25) is 9.55 Å². The third kappa shape index (κ3) is 4.01. The maximum absolute atomic E-state index is 9.29. The van der Waals surface area contributed by atoms with Gasteiger partial charge in [0.25, 0.3) is 0 Å². The van der Waals surface area contributed by atoms with Crippen LogP contribution in [0.4, 0.5) is 5.82 Å². The topological polar surface area (TPSA) is 105 Å². The Morgan fingerprint density at radius 1 is 0.889 bits per heavy atom. The Balaban J connectivity index is 1.02. The lowest BCUT2D eigenvalue weighted by molar-refractivity contribution is -0.514. The van der Waals surface area contributed by atoms with Gasteiger partial charge in [0.1, 0.15) is 23.5 Å². The molecule has 0 N–H and O–H groups in total. The second-order valence-corrected chi connectivity index (χ2v) is 12.5. The van der Waals surface area contributed by atoms with Gasteiger partial charge in [-0.05, 0) is 24.3 Å². The summed E-state index contributed by atoms with van der Waals surface area (Å²) in [6.07, 6.45) is 7.53.